The third kappa shape index (κ3) is 29.4. The molecule has 0 radical (unpaired) electrons. The monoisotopic (exact) mass is 699 g/mol. The highest BCUT2D eigenvalue weighted by Crippen LogP contribution is 2.35. The van der Waals surface area contributed by atoms with Crippen molar-refractivity contribution in [2.75, 3.05) is 47.4 Å². The smallest absolute Gasteiger partial charge is 0.168 e. The van der Waals surface area contributed by atoms with Crippen LogP contribution in [0.5, 0.6) is 0 Å². The lowest BCUT2D eigenvalue weighted by molar-refractivity contribution is -0.180. The fourth-order valence-corrected chi connectivity index (χ4v) is 6.76. The summed E-state index contributed by atoms with van der Waals surface area (Å²) >= 11 is 0. The Labute approximate surface area is 313 Å². The topological polar surface area (TPSA) is 24.9 Å². The molecule has 0 saturated carbocycles. The average Bonchev–Trinajstić information content (AvgIpc) is 3.52. The van der Waals surface area contributed by atoms with Gasteiger partial charge in [-0.15, -0.1) is 0 Å². The van der Waals surface area contributed by atoms with E-state index < -0.39 is 0 Å². The Hall–Kier alpha value is -1.20. The van der Waals surface area contributed by atoms with Crippen LogP contribution in [0.4, 0.5) is 0 Å². The summed E-state index contributed by atoms with van der Waals surface area (Å²) in [6.07, 6.45) is 53.2. The Kier molecular flexibility index (Phi) is 32.6. The maximum atomic E-state index is 6.79. The van der Waals surface area contributed by atoms with Crippen LogP contribution in [0.25, 0.3) is 0 Å². The van der Waals surface area contributed by atoms with Gasteiger partial charge in [-0.3, -0.25) is 0 Å². The summed E-state index contributed by atoms with van der Waals surface area (Å²) in [5, 5.41) is 0. The first-order valence-corrected chi connectivity index (χ1v) is 21.8. The molecular weight excluding hydrogens is 613 g/mol. The standard InChI is InChI=1S/C46H86N2O2/c1-6-8-10-12-14-16-18-20-22-24-26-28-30-32-34-36-39-46(49-44-45(50-46)38-41-48(5)43-42-47(3)4)40-37-35-33-31-29-27-25-23-21-19-17-15-13-11-9-7-2/h14-17,20-23,45H,6-13,18-19,24-44H2,1-5H3/b16-14-,17-15-,22-20-,23-21-. The van der Waals surface area contributed by atoms with Gasteiger partial charge in [0.25, 0.3) is 0 Å². The van der Waals surface area contributed by atoms with Crippen LogP contribution in [0, 0.1) is 0 Å². The second-order valence-corrected chi connectivity index (χ2v) is 15.5. The molecule has 1 fully saturated rings. The number of rotatable bonds is 36. The van der Waals surface area contributed by atoms with Gasteiger partial charge in [-0.2, -0.15) is 0 Å². The van der Waals surface area contributed by atoms with Gasteiger partial charge >= 0.3 is 0 Å². The van der Waals surface area contributed by atoms with Crippen molar-refractivity contribution < 1.29 is 9.47 Å². The Morgan fingerprint density at radius 1 is 0.500 bits per heavy atom. The number of nitrogens with zero attached hydrogens (tertiary/aromatic N) is 2. The zero-order chi connectivity index (χ0) is 36.2. The van der Waals surface area contributed by atoms with Crippen molar-refractivity contribution in [1.29, 1.82) is 0 Å². The molecule has 292 valence electrons. The van der Waals surface area contributed by atoms with E-state index in [0.29, 0.717) is 0 Å². The number of likely N-dealkylation sites (N-methyl/N-ethyl adjacent to an activating group) is 2. The van der Waals surface area contributed by atoms with E-state index in [-0.39, 0.29) is 11.9 Å². The molecular formula is C46H86N2O2. The minimum absolute atomic E-state index is 0.242. The van der Waals surface area contributed by atoms with Crippen molar-refractivity contribution in [2.45, 2.75) is 199 Å². The molecule has 0 aliphatic carbocycles. The van der Waals surface area contributed by atoms with Gasteiger partial charge in [-0.25, -0.2) is 0 Å². The first kappa shape index (κ1) is 46.8. The normalized spacial score (nSPS) is 16.7. The Balaban J connectivity index is 2.27. The molecule has 1 rings (SSSR count). The molecule has 0 aromatic rings. The fourth-order valence-electron chi connectivity index (χ4n) is 6.76. The Morgan fingerprint density at radius 3 is 1.36 bits per heavy atom. The zero-order valence-corrected chi connectivity index (χ0v) is 34.3. The third-order valence-electron chi connectivity index (χ3n) is 10.2. The molecule has 4 heteroatoms. The molecule has 0 N–H and O–H groups in total. The van der Waals surface area contributed by atoms with Gasteiger partial charge < -0.3 is 19.3 Å². The van der Waals surface area contributed by atoms with Crippen LogP contribution in [0.3, 0.4) is 0 Å². The lowest BCUT2D eigenvalue weighted by Gasteiger charge is -2.29. The summed E-state index contributed by atoms with van der Waals surface area (Å²) in [5.41, 5.74) is 0. The molecule has 1 heterocycles. The molecule has 1 aliphatic heterocycles. The molecule has 50 heavy (non-hydrogen) atoms. The molecule has 1 saturated heterocycles. The van der Waals surface area contributed by atoms with Crippen LogP contribution < -0.4 is 0 Å². The Morgan fingerprint density at radius 2 is 0.920 bits per heavy atom. The van der Waals surface area contributed by atoms with Gasteiger partial charge in [-0.05, 0) is 105 Å². The van der Waals surface area contributed by atoms with Crippen molar-refractivity contribution in [1.82, 2.24) is 9.80 Å². The predicted molar refractivity (Wildman–Crippen MR) is 222 cm³/mol. The summed E-state index contributed by atoms with van der Waals surface area (Å²) in [4.78, 5) is 4.70. The lowest BCUT2D eigenvalue weighted by atomic mass is 9.98. The first-order valence-electron chi connectivity index (χ1n) is 21.8. The van der Waals surface area contributed by atoms with E-state index in [2.05, 4.69) is 93.4 Å². The van der Waals surface area contributed by atoms with Gasteiger partial charge in [0.05, 0.1) is 12.7 Å². The van der Waals surface area contributed by atoms with Gasteiger partial charge in [0.1, 0.15) is 0 Å². The molecule has 0 aromatic heterocycles. The summed E-state index contributed by atoms with van der Waals surface area (Å²) in [6, 6.07) is 0. The number of hydrogen-bond donors (Lipinski definition) is 0. The van der Waals surface area contributed by atoms with Crippen LogP contribution in [-0.2, 0) is 9.47 Å². The third-order valence-corrected chi connectivity index (χ3v) is 10.2. The summed E-state index contributed by atoms with van der Waals surface area (Å²) < 4.78 is 13.3. The maximum absolute atomic E-state index is 6.79. The summed E-state index contributed by atoms with van der Waals surface area (Å²) in [5.74, 6) is -0.336. The van der Waals surface area contributed by atoms with E-state index in [9.17, 15) is 0 Å². The second kappa shape index (κ2) is 34.9. The molecule has 1 unspecified atom stereocenters. The highest BCUT2D eigenvalue weighted by molar-refractivity contribution is 4.93. The number of unbranched alkanes of at least 4 members (excludes halogenated alkanes) is 18. The predicted octanol–water partition coefficient (Wildman–Crippen LogP) is 13.4. The van der Waals surface area contributed by atoms with Crippen LogP contribution >= 0.6 is 0 Å². The highest BCUT2D eigenvalue weighted by Gasteiger charge is 2.40. The van der Waals surface area contributed by atoms with E-state index in [0.717, 1.165) is 58.3 Å². The lowest BCUT2D eigenvalue weighted by Crippen LogP contribution is -2.33. The van der Waals surface area contributed by atoms with Crippen molar-refractivity contribution in [3.05, 3.63) is 48.6 Å². The molecule has 0 spiro atoms. The highest BCUT2D eigenvalue weighted by atomic mass is 16.7. The maximum Gasteiger partial charge on any atom is 0.168 e. The zero-order valence-electron chi connectivity index (χ0n) is 34.3. The van der Waals surface area contributed by atoms with Gasteiger partial charge in [0.2, 0.25) is 0 Å². The Bertz CT molecular complexity index is 784. The molecule has 0 aromatic carbocycles. The average molecular weight is 699 g/mol. The first-order chi connectivity index (χ1) is 24.5. The summed E-state index contributed by atoms with van der Waals surface area (Å²) in [6.45, 7) is 8.59. The van der Waals surface area contributed by atoms with Crippen LogP contribution in [0.1, 0.15) is 187 Å². The molecule has 0 bridgehead atoms. The van der Waals surface area contributed by atoms with E-state index in [1.54, 1.807) is 0 Å². The van der Waals surface area contributed by atoms with Crippen LogP contribution in [-0.4, -0.2) is 69.1 Å². The van der Waals surface area contributed by atoms with E-state index in [1.807, 2.05) is 0 Å². The van der Waals surface area contributed by atoms with Crippen LogP contribution in [0.2, 0.25) is 0 Å². The SMILES string of the molecule is CCCCC/C=C\C/C=C\CCCCCCCCC1(CCCCCCCC/C=C\C/C=C\CCCCC)OCC(CCN(C)CCN(C)C)O1. The van der Waals surface area contributed by atoms with Crippen molar-refractivity contribution in [3.63, 3.8) is 0 Å². The minimum atomic E-state index is -0.336. The van der Waals surface area contributed by atoms with Gasteiger partial charge in [0.15, 0.2) is 5.79 Å². The largest absolute Gasteiger partial charge is 0.347 e. The number of ether oxygens (including phenoxy) is 2. The number of allylic oxidation sites excluding steroid dienone is 8. The van der Waals surface area contributed by atoms with Gasteiger partial charge in [0, 0.05) is 32.5 Å². The second-order valence-electron chi connectivity index (χ2n) is 15.5. The van der Waals surface area contributed by atoms with Crippen LogP contribution in [0.15, 0.2) is 48.6 Å². The number of hydrogen-bond acceptors (Lipinski definition) is 4. The van der Waals surface area contributed by atoms with E-state index >= 15 is 0 Å². The van der Waals surface area contributed by atoms with Crippen molar-refractivity contribution >= 4 is 0 Å². The molecule has 0 amide bonds. The minimum Gasteiger partial charge on any atom is -0.347 e. The molecule has 4 nitrogen and oxygen atoms in total. The molecule has 1 aliphatic rings. The van der Waals surface area contributed by atoms with E-state index in [4.69, 9.17) is 9.47 Å². The van der Waals surface area contributed by atoms with Gasteiger partial charge in [-0.1, -0.05) is 140 Å². The fraction of sp³-hybridized carbons (Fsp3) is 0.826. The quantitative estimate of drug-likeness (QED) is 0.0480. The molecule has 1 atom stereocenters. The van der Waals surface area contributed by atoms with Crippen molar-refractivity contribution in [3.8, 4) is 0 Å². The summed E-state index contributed by atoms with van der Waals surface area (Å²) in [7, 11) is 6.54. The van der Waals surface area contributed by atoms with E-state index in [1.165, 1.54) is 141 Å². The van der Waals surface area contributed by atoms with Crippen molar-refractivity contribution in [2.24, 2.45) is 0 Å².